The van der Waals surface area contributed by atoms with E-state index in [4.69, 9.17) is 4.52 Å². The van der Waals surface area contributed by atoms with Crippen LogP contribution in [-0.2, 0) is 6.54 Å². The Morgan fingerprint density at radius 1 is 1.41 bits per heavy atom. The fourth-order valence-corrected chi connectivity index (χ4v) is 1.72. The molecule has 90 valence electrons. The van der Waals surface area contributed by atoms with Crippen molar-refractivity contribution < 1.29 is 4.52 Å². The highest BCUT2D eigenvalue weighted by atomic mass is 79.9. The first-order valence-corrected chi connectivity index (χ1v) is 6.23. The van der Waals surface area contributed by atoms with Gasteiger partial charge in [0.15, 0.2) is 0 Å². The Balaban J connectivity index is 2.07. The van der Waals surface area contributed by atoms with Crippen LogP contribution >= 0.6 is 15.9 Å². The zero-order chi connectivity index (χ0) is 12.1. The van der Waals surface area contributed by atoms with Crippen molar-refractivity contribution in [1.82, 2.24) is 20.4 Å². The van der Waals surface area contributed by atoms with Gasteiger partial charge in [-0.2, -0.15) is 4.98 Å². The number of hydrogen-bond acceptors (Lipinski definition) is 5. The van der Waals surface area contributed by atoms with Gasteiger partial charge in [0, 0.05) is 22.4 Å². The maximum absolute atomic E-state index is 5.14. The molecule has 0 saturated carbocycles. The van der Waals surface area contributed by atoms with Gasteiger partial charge in [0.05, 0.1) is 6.54 Å². The lowest BCUT2D eigenvalue weighted by Gasteiger charge is -1.96. The molecule has 1 N–H and O–H groups in total. The van der Waals surface area contributed by atoms with Gasteiger partial charge >= 0.3 is 0 Å². The number of nitrogens with one attached hydrogen (secondary N) is 1. The molecular formula is C11H13BrN4O. The zero-order valence-electron chi connectivity index (χ0n) is 9.48. The molecule has 6 heteroatoms. The lowest BCUT2D eigenvalue weighted by molar-refractivity contribution is 0.368. The Labute approximate surface area is 108 Å². The number of pyridine rings is 1. The minimum atomic E-state index is 0.562. The average Bonchev–Trinajstić information content (AvgIpc) is 2.78. The van der Waals surface area contributed by atoms with Gasteiger partial charge < -0.3 is 9.84 Å². The molecule has 0 amide bonds. The second-order valence-corrected chi connectivity index (χ2v) is 4.50. The topological polar surface area (TPSA) is 63.8 Å². The molecule has 0 bridgehead atoms. The van der Waals surface area contributed by atoms with E-state index in [1.807, 2.05) is 6.07 Å². The van der Waals surface area contributed by atoms with E-state index < -0.39 is 0 Å². The van der Waals surface area contributed by atoms with Gasteiger partial charge in [-0.3, -0.25) is 4.98 Å². The minimum absolute atomic E-state index is 0.562. The van der Waals surface area contributed by atoms with E-state index in [0.717, 1.165) is 23.0 Å². The molecule has 2 heterocycles. The fourth-order valence-electron chi connectivity index (χ4n) is 1.35. The van der Waals surface area contributed by atoms with E-state index in [0.29, 0.717) is 18.3 Å². The molecule has 0 fully saturated rings. The van der Waals surface area contributed by atoms with Gasteiger partial charge in [-0.1, -0.05) is 12.1 Å². The number of aromatic nitrogens is 3. The normalized spacial score (nSPS) is 10.7. The molecule has 0 saturated heterocycles. The summed E-state index contributed by atoms with van der Waals surface area (Å²) in [4.78, 5) is 8.35. The van der Waals surface area contributed by atoms with Gasteiger partial charge in [0.25, 0.3) is 0 Å². The highest BCUT2D eigenvalue weighted by molar-refractivity contribution is 9.10. The smallest absolute Gasteiger partial charge is 0.240 e. The van der Waals surface area contributed by atoms with E-state index in [2.05, 4.69) is 43.3 Å². The third-order valence-electron chi connectivity index (χ3n) is 2.13. The van der Waals surface area contributed by atoms with Gasteiger partial charge in [0.1, 0.15) is 0 Å². The van der Waals surface area contributed by atoms with E-state index >= 15 is 0 Å². The van der Waals surface area contributed by atoms with E-state index in [1.165, 1.54) is 0 Å². The lowest BCUT2D eigenvalue weighted by atomic mass is 10.3. The maximum atomic E-state index is 5.14. The summed E-state index contributed by atoms with van der Waals surface area (Å²) in [5.74, 6) is 1.15. The summed E-state index contributed by atoms with van der Waals surface area (Å²) in [6, 6.07) is 1.90. The molecule has 0 atom stereocenters. The predicted molar refractivity (Wildman–Crippen MR) is 67.2 cm³/mol. The fraction of sp³-hybridized carbons (Fsp3) is 0.364. The SMILES string of the molecule is CCCNCc1nc(-c2cncc(Br)c2)no1. The van der Waals surface area contributed by atoms with E-state index in [1.54, 1.807) is 12.4 Å². The van der Waals surface area contributed by atoms with E-state index in [-0.39, 0.29) is 0 Å². The summed E-state index contributed by atoms with van der Waals surface area (Å²) in [6.07, 6.45) is 4.50. The molecule has 17 heavy (non-hydrogen) atoms. The molecule has 2 rings (SSSR count). The Bertz CT molecular complexity index is 486. The monoisotopic (exact) mass is 296 g/mol. The van der Waals surface area contributed by atoms with Crippen LogP contribution in [0.5, 0.6) is 0 Å². The van der Waals surface area contributed by atoms with Gasteiger partial charge in [-0.05, 0) is 35.0 Å². The lowest BCUT2D eigenvalue weighted by Crippen LogP contribution is -2.13. The largest absolute Gasteiger partial charge is 0.338 e. The van der Waals surface area contributed by atoms with Crippen molar-refractivity contribution in [3.8, 4) is 11.4 Å². The number of nitrogens with zero attached hydrogens (tertiary/aromatic N) is 3. The molecular weight excluding hydrogens is 284 g/mol. The van der Waals surface area contributed by atoms with Crippen LogP contribution in [0.25, 0.3) is 11.4 Å². The van der Waals surface area contributed by atoms with Crippen LogP contribution in [0.4, 0.5) is 0 Å². The van der Waals surface area contributed by atoms with Gasteiger partial charge in [0.2, 0.25) is 11.7 Å². The van der Waals surface area contributed by atoms with Crippen molar-refractivity contribution in [2.75, 3.05) is 6.54 Å². The van der Waals surface area contributed by atoms with Crippen molar-refractivity contribution >= 4 is 15.9 Å². The van der Waals surface area contributed by atoms with Crippen LogP contribution in [0.2, 0.25) is 0 Å². The van der Waals surface area contributed by atoms with Crippen LogP contribution in [0.15, 0.2) is 27.5 Å². The summed E-state index contributed by atoms with van der Waals surface area (Å²) >= 11 is 3.36. The molecule has 0 aliphatic rings. The quantitative estimate of drug-likeness (QED) is 0.859. The van der Waals surface area contributed by atoms with Crippen LogP contribution in [0.3, 0.4) is 0 Å². The summed E-state index contributed by atoms with van der Waals surface area (Å²) in [5.41, 5.74) is 0.838. The van der Waals surface area contributed by atoms with Gasteiger partial charge in [-0.25, -0.2) is 0 Å². The first kappa shape index (κ1) is 12.2. The van der Waals surface area contributed by atoms with Crippen molar-refractivity contribution in [3.05, 3.63) is 28.8 Å². The van der Waals surface area contributed by atoms with Crippen molar-refractivity contribution in [2.45, 2.75) is 19.9 Å². The third kappa shape index (κ3) is 3.34. The van der Waals surface area contributed by atoms with Crippen molar-refractivity contribution in [3.63, 3.8) is 0 Å². The average molecular weight is 297 g/mol. The van der Waals surface area contributed by atoms with E-state index in [9.17, 15) is 0 Å². The molecule has 5 nitrogen and oxygen atoms in total. The molecule has 0 aromatic carbocycles. The van der Waals surface area contributed by atoms with Crippen molar-refractivity contribution in [1.29, 1.82) is 0 Å². The van der Waals surface area contributed by atoms with Crippen LogP contribution < -0.4 is 5.32 Å². The molecule has 2 aromatic rings. The molecule has 0 radical (unpaired) electrons. The summed E-state index contributed by atoms with van der Waals surface area (Å²) < 4.78 is 6.03. The van der Waals surface area contributed by atoms with Gasteiger partial charge in [-0.15, -0.1) is 0 Å². The Morgan fingerprint density at radius 3 is 3.06 bits per heavy atom. The standard InChI is InChI=1S/C11H13BrN4O/c1-2-3-13-7-10-15-11(16-17-10)8-4-9(12)6-14-5-8/h4-6,13H,2-3,7H2,1H3. The second-order valence-electron chi connectivity index (χ2n) is 3.58. The zero-order valence-corrected chi connectivity index (χ0v) is 11.1. The number of rotatable bonds is 5. The molecule has 0 aliphatic carbocycles. The number of hydrogen-bond donors (Lipinski definition) is 1. The molecule has 2 aromatic heterocycles. The molecule has 0 aliphatic heterocycles. The Kier molecular flexibility index (Phi) is 4.22. The van der Waals surface area contributed by atoms with Crippen LogP contribution in [0.1, 0.15) is 19.2 Å². The molecule has 0 unspecified atom stereocenters. The predicted octanol–water partition coefficient (Wildman–Crippen LogP) is 2.39. The summed E-state index contributed by atoms with van der Waals surface area (Å²) in [5, 5.41) is 7.13. The first-order chi connectivity index (χ1) is 8.29. The van der Waals surface area contributed by atoms with Crippen LogP contribution in [-0.4, -0.2) is 21.7 Å². The third-order valence-corrected chi connectivity index (χ3v) is 2.57. The highest BCUT2D eigenvalue weighted by Gasteiger charge is 2.08. The van der Waals surface area contributed by atoms with Crippen LogP contribution in [0, 0.1) is 0 Å². The Morgan fingerprint density at radius 2 is 2.29 bits per heavy atom. The summed E-state index contributed by atoms with van der Waals surface area (Å²) in [7, 11) is 0. The van der Waals surface area contributed by atoms with Crippen molar-refractivity contribution in [2.24, 2.45) is 0 Å². The summed E-state index contributed by atoms with van der Waals surface area (Å²) in [6.45, 7) is 3.65. The maximum Gasteiger partial charge on any atom is 0.240 e. The minimum Gasteiger partial charge on any atom is -0.338 e. The number of halogens is 1. The second kappa shape index (κ2) is 5.88. The first-order valence-electron chi connectivity index (χ1n) is 5.44. The molecule has 0 spiro atoms. The Hall–Kier alpha value is -1.27. The highest BCUT2D eigenvalue weighted by Crippen LogP contribution is 2.18.